The van der Waals surface area contributed by atoms with Crippen molar-refractivity contribution in [3.05, 3.63) is 103 Å². The fourth-order valence-corrected chi connectivity index (χ4v) is 4.41. The molecule has 0 atom stereocenters. The smallest absolute Gasteiger partial charge is 0.140 e. The molecule has 0 fully saturated rings. The van der Waals surface area contributed by atoms with Gasteiger partial charge in [-0.25, -0.2) is 4.98 Å². The first-order chi connectivity index (χ1) is 14.8. The van der Waals surface area contributed by atoms with Crippen LogP contribution in [0.15, 0.2) is 103 Å². The maximum absolute atomic E-state index is 4.82. The van der Waals surface area contributed by atoms with E-state index in [0.29, 0.717) is 0 Å². The predicted octanol–water partition coefficient (Wildman–Crippen LogP) is 7.21. The molecule has 0 aliphatic rings. The molecule has 0 N–H and O–H groups in total. The van der Waals surface area contributed by atoms with Crippen LogP contribution >= 0.6 is 0 Å². The van der Waals surface area contributed by atoms with E-state index in [2.05, 4.69) is 109 Å². The van der Waals surface area contributed by atoms with Crippen molar-refractivity contribution in [1.29, 1.82) is 0 Å². The Kier molecular flexibility index (Phi) is 3.72. The Labute approximate surface area is 175 Å². The maximum Gasteiger partial charge on any atom is 0.140 e. The second kappa shape index (κ2) is 6.57. The normalized spacial score (nSPS) is 11.5. The van der Waals surface area contributed by atoms with Gasteiger partial charge in [0.05, 0.1) is 11.0 Å². The largest absolute Gasteiger partial charge is 0.327 e. The molecule has 2 heteroatoms. The summed E-state index contributed by atoms with van der Waals surface area (Å²) >= 11 is 0. The van der Waals surface area contributed by atoms with Gasteiger partial charge >= 0.3 is 0 Å². The van der Waals surface area contributed by atoms with Gasteiger partial charge in [0, 0.05) is 12.6 Å². The van der Waals surface area contributed by atoms with E-state index < -0.39 is 0 Å². The molecule has 0 amide bonds. The Morgan fingerprint density at radius 2 is 1.23 bits per heavy atom. The second-order valence-corrected chi connectivity index (χ2v) is 7.78. The van der Waals surface area contributed by atoms with Gasteiger partial charge in [-0.2, -0.15) is 0 Å². The van der Waals surface area contributed by atoms with Crippen LogP contribution in [0.5, 0.6) is 0 Å². The molecular formula is C28H20N2. The molecule has 0 bridgehead atoms. The molecule has 30 heavy (non-hydrogen) atoms. The molecule has 0 spiro atoms. The molecular weight excluding hydrogens is 364 g/mol. The molecule has 142 valence electrons. The van der Waals surface area contributed by atoms with Crippen LogP contribution in [0, 0.1) is 0 Å². The van der Waals surface area contributed by atoms with Gasteiger partial charge in [-0.3, -0.25) is 0 Å². The number of aryl methyl sites for hydroxylation is 1. The van der Waals surface area contributed by atoms with Gasteiger partial charge < -0.3 is 4.57 Å². The number of rotatable bonds is 2. The fraction of sp³-hybridized carbons (Fsp3) is 0.0357. The summed E-state index contributed by atoms with van der Waals surface area (Å²) in [7, 11) is 2.08. The number of fused-ring (bicyclic) bond motifs is 4. The first-order valence-electron chi connectivity index (χ1n) is 10.2. The van der Waals surface area contributed by atoms with Crippen LogP contribution in [0.1, 0.15) is 0 Å². The van der Waals surface area contributed by atoms with Crippen molar-refractivity contribution in [3.63, 3.8) is 0 Å². The predicted molar refractivity (Wildman–Crippen MR) is 127 cm³/mol. The Bertz CT molecular complexity index is 1540. The lowest BCUT2D eigenvalue weighted by atomic mass is 9.97. The van der Waals surface area contributed by atoms with Gasteiger partial charge in [0.2, 0.25) is 0 Å². The van der Waals surface area contributed by atoms with Crippen molar-refractivity contribution >= 4 is 32.6 Å². The average Bonchev–Trinajstić information content (AvgIpc) is 3.15. The number of para-hydroxylation sites is 2. The zero-order valence-corrected chi connectivity index (χ0v) is 16.7. The highest BCUT2D eigenvalue weighted by molar-refractivity contribution is 6.08. The highest BCUT2D eigenvalue weighted by Crippen LogP contribution is 2.31. The van der Waals surface area contributed by atoms with Crippen molar-refractivity contribution < 1.29 is 0 Å². The number of benzene rings is 5. The standard InChI is InChI=1S/C28H20N2/c1-30-27-9-5-4-8-26(27)29-28(30)21-13-10-19(11-14-21)22-16-17-25-23(18-22)15-12-20-6-2-3-7-24(20)25/h2-18H,1H3. The van der Waals surface area contributed by atoms with E-state index in [1.807, 2.05) is 6.07 Å². The summed E-state index contributed by atoms with van der Waals surface area (Å²) in [5, 5.41) is 5.15. The third kappa shape index (κ3) is 2.61. The van der Waals surface area contributed by atoms with Crippen LogP contribution in [-0.2, 0) is 7.05 Å². The van der Waals surface area contributed by atoms with E-state index in [-0.39, 0.29) is 0 Å². The Morgan fingerprint density at radius 3 is 2.10 bits per heavy atom. The molecule has 0 saturated carbocycles. The molecule has 0 unspecified atom stereocenters. The highest BCUT2D eigenvalue weighted by atomic mass is 15.1. The average molecular weight is 384 g/mol. The minimum Gasteiger partial charge on any atom is -0.327 e. The molecule has 1 aromatic heterocycles. The third-order valence-corrected chi connectivity index (χ3v) is 6.01. The first-order valence-corrected chi connectivity index (χ1v) is 10.2. The Morgan fingerprint density at radius 1 is 0.567 bits per heavy atom. The van der Waals surface area contributed by atoms with Gasteiger partial charge in [-0.05, 0) is 50.9 Å². The third-order valence-electron chi connectivity index (χ3n) is 6.01. The molecule has 0 radical (unpaired) electrons. The van der Waals surface area contributed by atoms with E-state index in [9.17, 15) is 0 Å². The summed E-state index contributed by atoms with van der Waals surface area (Å²) < 4.78 is 2.16. The Hall–Kier alpha value is -3.91. The first kappa shape index (κ1) is 17.0. The van der Waals surface area contributed by atoms with Crippen LogP contribution in [0.4, 0.5) is 0 Å². The second-order valence-electron chi connectivity index (χ2n) is 7.78. The number of nitrogens with zero attached hydrogens (tertiary/aromatic N) is 2. The van der Waals surface area contributed by atoms with Crippen molar-refractivity contribution in [2.45, 2.75) is 0 Å². The maximum atomic E-state index is 4.82. The summed E-state index contributed by atoms with van der Waals surface area (Å²) in [5.74, 6) is 0.993. The number of hydrogen-bond acceptors (Lipinski definition) is 1. The molecule has 0 aliphatic heterocycles. The summed E-state index contributed by atoms with van der Waals surface area (Å²) in [4.78, 5) is 4.82. The van der Waals surface area contributed by atoms with Crippen molar-refractivity contribution in [2.75, 3.05) is 0 Å². The van der Waals surface area contributed by atoms with Crippen molar-refractivity contribution in [1.82, 2.24) is 9.55 Å². The minimum atomic E-state index is 0.993. The summed E-state index contributed by atoms with van der Waals surface area (Å²) in [6.07, 6.45) is 0. The molecule has 1 heterocycles. The van der Waals surface area contributed by atoms with Gasteiger partial charge in [-0.1, -0.05) is 84.9 Å². The monoisotopic (exact) mass is 384 g/mol. The van der Waals surface area contributed by atoms with Crippen LogP contribution in [-0.4, -0.2) is 9.55 Å². The highest BCUT2D eigenvalue weighted by Gasteiger charge is 2.10. The minimum absolute atomic E-state index is 0.993. The number of aromatic nitrogens is 2. The molecule has 6 rings (SSSR count). The van der Waals surface area contributed by atoms with E-state index in [1.165, 1.54) is 32.7 Å². The van der Waals surface area contributed by atoms with Gasteiger partial charge in [0.1, 0.15) is 5.82 Å². The van der Waals surface area contributed by atoms with E-state index in [0.717, 1.165) is 22.4 Å². The molecule has 6 aromatic rings. The molecule has 0 aliphatic carbocycles. The summed E-state index contributed by atoms with van der Waals surface area (Å²) in [6.45, 7) is 0. The SMILES string of the molecule is Cn1c(-c2ccc(-c3ccc4c(ccc5ccccc54)c3)cc2)nc2ccccc21. The van der Waals surface area contributed by atoms with Crippen LogP contribution < -0.4 is 0 Å². The van der Waals surface area contributed by atoms with Crippen LogP contribution in [0.2, 0.25) is 0 Å². The summed E-state index contributed by atoms with van der Waals surface area (Å²) in [5.41, 5.74) is 5.75. The lowest BCUT2D eigenvalue weighted by molar-refractivity contribution is 0.959. The van der Waals surface area contributed by atoms with Crippen molar-refractivity contribution in [3.8, 4) is 22.5 Å². The number of imidazole rings is 1. The zero-order valence-electron chi connectivity index (χ0n) is 16.7. The van der Waals surface area contributed by atoms with Crippen LogP contribution in [0.25, 0.3) is 55.1 Å². The van der Waals surface area contributed by atoms with Crippen molar-refractivity contribution in [2.24, 2.45) is 7.05 Å². The van der Waals surface area contributed by atoms with E-state index in [4.69, 9.17) is 4.98 Å². The molecule has 0 saturated heterocycles. The summed E-state index contributed by atoms with van der Waals surface area (Å²) in [6, 6.07) is 36.7. The van der Waals surface area contributed by atoms with Gasteiger partial charge in [0.25, 0.3) is 0 Å². The molecule has 5 aromatic carbocycles. The molecule has 2 nitrogen and oxygen atoms in total. The number of hydrogen-bond donors (Lipinski definition) is 0. The zero-order chi connectivity index (χ0) is 20.1. The van der Waals surface area contributed by atoms with E-state index in [1.54, 1.807) is 0 Å². The lowest BCUT2D eigenvalue weighted by Crippen LogP contribution is -1.92. The van der Waals surface area contributed by atoms with Crippen LogP contribution in [0.3, 0.4) is 0 Å². The van der Waals surface area contributed by atoms with Gasteiger partial charge in [-0.15, -0.1) is 0 Å². The quantitative estimate of drug-likeness (QED) is 0.288. The topological polar surface area (TPSA) is 17.8 Å². The Balaban J connectivity index is 1.41. The lowest BCUT2D eigenvalue weighted by Gasteiger charge is -2.08. The fourth-order valence-electron chi connectivity index (χ4n) is 4.41. The van der Waals surface area contributed by atoms with Gasteiger partial charge in [0.15, 0.2) is 0 Å². The van der Waals surface area contributed by atoms with E-state index >= 15 is 0 Å².